The highest BCUT2D eigenvalue weighted by Crippen LogP contribution is 2.16. The van der Waals surface area contributed by atoms with Crippen molar-refractivity contribution in [2.45, 2.75) is 26.3 Å². The van der Waals surface area contributed by atoms with Crippen LogP contribution in [0.1, 0.15) is 30.6 Å². The highest BCUT2D eigenvalue weighted by atomic mass is 19.1. The molecule has 20 heavy (non-hydrogen) atoms. The number of esters is 1. The van der Waals surface area contributed by atoms with E-state index in [-0.39, 0.29) is 17.4 Å². The molecule has 1 aromatic carbocycles. The third kappa shape index (κ3) is 4.31. The number of benzene rings is 1. The summed E-state index contributed by atoms with van der Waals surface area (Å²) in [6.07, 6.45) is 0.539. The van der Waals surface area contributed by atoms with E-state index in [9.17, 15) is 14.0 Å². The summed E-state index contributed by atoms with van der Waals surface area (Å²) >= 11 is 0. The quantitative estimate of drug-likeness (QED) is 0.808. The first kappa shape index (κ1) is 16.1. The average Bonchev–Trinajstić information content (AvgIpc) is 2.39. The Kier molecular flexibility index (Phi) is 5.64. The Morgan fingerprint density at radius 1 is 1.40 bits per heavy atom. The minimum absolute atomic E-state index is 0.234. The first-order valence-electron chi connectivity index (χ1n) is 6.29. The Bertz CT molecular complexity index is 503. The van der Waals surface area contributed by atoms with Gasteiger partial charge in [-0.15, -0.1) is 0 Å². The molecule has 0 aliphatic heterocycles. The van der Waals surface area contributed by atoms with Crippen molar-refractivity contribution in [3.63, 3.8) is 0 Å². The van der Waals surface area contributed by atoms with Crippen LogP contribution < -0.4 is 11.1 Å². The number of nitrogens with two attached hydrogens (primary N) is 1. The van der Waals surface area contributed by atoms with Gasteiger partial charge in [-0.2, -0.15) is 0 Å². The largest absolute Gasteiger partial charge is 0.465 e. The normalized spacial score (nSPS) is 12.1. The molecule has 0 heterocycles. The lowest BCUT2D eigenvalue weighted by Gasteiger charge is -2.14. The second kappa shape index (κ2) is 7.00. The van der Waals surface area contributed by atoms with Crippen molar-refractivity contribution in [1.29, 1.82) is 0 Å². The fourth-order valence-electron chi connectivity index (χ4n) is 1.72. The van der Waals surface area contributed by atoms with Gasteiger partial charge in [0, 0.05) is 5.69 Å². The van der Waals surface area contributed by atoms with Crippen LogP contribution in [0.3, 0.4) is 0 Å². The molecule has 3 N–H and O–H groups in total. The molecule has 0 spiro atoms. The first-order chi connectivity index (χ1) is 9.35. The summed E-state index contributed by atoms with van der Waals surface area (Å²) in [5.41, 5.74) is 5.81. The van der Waals surface area contributed by atoms with Crippen LogP contribution in [0, 0.1) is 11.7 Å². The van der Waals surface area contributed by atoms with E-state index in [2.05, 4.69) is 10.1 Å². The molecule has 0 aliphatic carbocycles. The Hall–Kier alpha value is -1.95. The van der Waals surface area contributed by atoms with Crippen LogP contribution in [0.15, 0.2) is 18.2 Å². The van der Waals surface area contributed by atoms with Gasteiger partial charge in [0.05, 0.1) is 18.7 Å². The van der Waals surface area contributed by atoms with E-state index >= 15 is 0 Å². The van der Waals surface area contributed by atoms with E-state index in [1.807, 2.05) is 13.8 Å². The fourth-order valence-corrected chi connectivity index (χ4v) is 1.72. The highest BCUT2D eigenvalue weighted by Gasteiger charge is 2.17. The smallest absolute Gasteiger partial charge is 0.340 e. The first-order valence-corrected chi connectivity index (χ1v) is 6.29. The number of rotatable bonds is 5. The van der Waals surface area contributed by atoms with E-state index in [0.717, 1.165) is 13.2 Å². The Morgan fingerprint density at radius 2 is 2.05 bits per heavy atom. The van der Waals surface area contributed by atoms with Gasteiger partial charge in [-0.25, -0.2) is 9.18 Å². The van der Waals surface area contributed by atoms with Crippen LogP contribution in [0.2, 0.25) is 0 Å². The van der Waals surface area contributed by atoms with Gasteiger partial charge in [-0.1, -0.05) is 13.8 Å². The lowest BCUT2D eigenvalue weighted by atomic mass is 10.0. The number of anilines is 1. The fraction of sp³-hybridized carbons (Fsp3) is 0.429. The molecule has 6 heteroatoms. The standard InChI is InChI=1S/C14H19FN2O3/c1-8(2)6-12(16)13(18)17-9-4-5-11(15)10(7-9)14(19)20-3/h4-5,7-8,12H,6,16H2,1-3H3,(H,17,18)/t12-/m1/s1. The van der Waals surface area contributed by atoms with Gasteiger partial charge in [-0.3, -0.25) is 4.79 Å². The Balaban J connectivity index is 2.83. The monoisotopic (exact) mass is 282 g/mol. The van der Waals surface area contributed by atoms with Crippen molar-refractivity contribution >= 4 is 17.6 Å². The number of amides is 1. The number of halogens is 1. The summed E-state index contributed by atoms with van der Waals surface area (Å²) in [6, 6.07) is 3.03. The third-order valence-corrected chi connectivity index (χ3v) is 2.70. The molecule has 0 saturated carbocycles. The third-order valence-electron chi connectivity index (χ3n) is 2.70. The summed E-state index contributed by atoms with van der Waals surface area (Å²) < 4.78 is 17.9. The zero-order chi connectivity index (χ0) is 15.3. The molecule has 1 amide bonds. The molecule has 0 aromatic heterocycles. The van der Waals surface area contributed by atoms with Crippen molar-refractivity contribution in [2.24, 2.45) is 11.7 Å². The van der Waals surface area contributed by atoms with Gasteiger partial charge in [-0.05, 0) is 30.5 Å². The molecule has 110 valence electrons. The van der Waals surface area contributed by atoms with Gasteiger partial charge in [0.25, 0.3) is 0 Å². The number of hydrogen-bond donors (Lipinski definition) is 2. The maximum absolute atomic E-state index is 13.4. The zero-order valence-corrected chi connectivity index (χ0v) is 11.8. The summed E-state index contributed by atoms with van der Waals surface area (Å²) in [4.78, 5) is 23.2. The predicted octanol–water partition coefficient (Wildman–Crippen LogP) is 1.92. The molecule has 0 fully saturated rings. The molecular formula is C14H19FN2O3. The molecule has 5 nitrogen and oxygen atoms in total. The molecule has 1 rings (SSSR count). The van der Waals surface area contributed by atoms with E-state index in [4.69, 9.17) is 5.73 Å². The maximum Gasteiger partial charge on any atom is 0.340 e. The Labute approximate surface area is 117 Å². The summed E-state index contributed by atoms with van der Waals surface area (Å²) in [7, 11) is 1.16. The van der Waals surface area contributed by atoms with E-state index < -0.39 is 17.8 Å². The lowest BCUT2D eigenvalue weighted by Crippen LogP contribution is -2.36. The minimum atomic E-state index is -0.801. The number of carbonyl (C=O) groups excluding carboxylic acids is 2. The van der Waals surface area contributed by atoms with Crippen LogP contribution in [0.5, 0.6) is 0 Å². The van der Waals surface area contributed by atoms with Crippen LogP contribution in [0.4, 0.5) is 10.1 Å². The van der Waals surface area contributed by atoms with Gasteiger partial charge in [0.2, 0.25) is 5.91 Å². The number of methoxy groups -OCH3 is 1. The number of hydrogen-bond acceptors (Lipinski definition) is 4. The second-order valence-electron chi connectivity index (χ2n) is 4.91. The van der Waals surface area contributed by atoms with Crippen molar-refractivity contribution in [1.82, 2.24) is 0 Å². The summed E-state index contributed by atoms with van der Waals surface area (Å²) in [5.74, 6) is -1.60. The molecular weight excluding hydrogens is 263 g/mol. The van der Waals surface area contributed by atoms with Crippen molar-refractivity contribution < 1.29 is 18.7 Å². The molecule has 0 aliphatic rings. The molecule has 0 unspecified atom stereocenters. The highest BCUT2D eigenvalue weighted by molar-refractivity contribution is 5.96. The second-order valence-corrected chi connectivity index (χ2v) is 4.91. The van der Waals surface area contributed by atoms with E-state index in [0.29, 0.717) is 12.1 Å². The summed E-state index contributed by atoms with van der Waals surface area (Å²) in [6.45, 7) is 3.92. The van der Waals surface area contributed by atoms with Gasteiger partial charge >= 0.3 is 5.97 Å². The number of ether oxygens (including phenoxy) is 1. The molecule has 0 bridgehead atoms. The topological polar surface area (TPSA) is 81.4 Å². The van der Waals surface area contributed by atoms with Crippen molar-refractivity contribution in [3.8, 4) is 0 Å². The molecule has 1 atom stereocenters. The zero-order valence-electron chi connectivity index (χ0n) is 11.8. The van der Waals surface area contributed by atoms with Gasteiger partial charge in [0.1, 0.15) is 5.82 Å². The lowest BCUT2D eigenvalue weighted by molar-refractivity contribution is -0.117. The predicted molar refractivity (Wildman–Crippen MR) is 73.8 cm³/mol. The Morgan fingerprint density at radius 3 is 2.60 bits per heavy atom. The van der Waals surface area contributed by atoms with E-state index in [1.165, 1.54) is 12.1 Å². The minimum Gasteiger partial charge on any atom is -0.465 e. The van der Waals surface area contributed by atoms with E-state index in [1.54, 1.807) is 0 Å². The molecule has 0 saturated heterocycles. The molecule has 1 aromatic rings. The number of nitrogens with one attached hydrogen (secondary N) is 1. The van der Waals surface area contributed by atoms with Crippen LogP contribution >= 0.6 is 0 Å². The van der Waals surface area contributed by atoms with Crippen molar-refractivity contribution in [2.75, 3.05) is 12.4 Å². The number of carbonyl (C=O) groups is 2. The van der Waals surface area contributed by atoms with Crippen molar-refractivity contribution in [3.05, 3.63) is 29.6 Å². The van der Waals surface area contributed by atoms with Gasteiger partial charge < -0.3 is 15.8 Å². The average molecular weight is 282 g/mol. The maximum atomic E-state index is 13.4. The van der Waals surface area contributed by atoms with Gasteiger partial charge in [0.15, 0.2) is 0 Å². The van der Waals surface area contributed by atoms with Crippen LogP contribution in [-0.4, -0.2) is 25.0 Å². The van der Waals surface area contributed by atoms with Crippen LogP contribution in [-0.2, 0) is 9.53 Å². The SMILES string of the molecule is COC(=O)c1cc(NC(=O)[C@H](N)CC(C)C)ccc1F. The molecule has 0 radical (unpaired) electrons. The summed E-state index contributed by atoms with van der Waals surface area (Å²) in [5, 5.41) is 2.56. The van der Waals surface area contributed by atoms with Crippen LogP contribution in [0.25, 0.3) is 0 Å².